The fraction of sp³-hybridized carbons (Fsp3) is 0.273. The van der Waals surface area contributed by atoms with Gasteiger partial charge in [-0.25, -0.2) is 0 Å². The van der Waals surface area contributed by atoms with E-state index in [4.69, 9.17) is 0 Å². The Hall–Kier alpha value is -0.280. The molecule has 0 atom stereocenters. The molecule has 3 heteroatoms. The normalized spacial score (nSPS) is 9.93. The average Bonchev–Trinajstić information content (AvgIpc) is 2.15. The average molecular weight is 319 g/mol. The summed E-state index contributed by atoms with van der Waals surface area (Å²) in [4.78, 5) is 0. The molecule has 1 aromatic rings. The molecule has 0 saturated heterocycles. The van der Waals surface area contributed by atoms with Gasteiger partial charge in [-0.3, -0.25) is 0 Å². The Morgan fingerprint density at radius 2 is 2.21 bits per heavy atom. The van der Waals surface area contributed by atoms with Crippen molar-refractivity contribution >= 4 is 37.5 Å². The first kappa shape index (κ1) is 11.8. The number of anilines is 1. The van der Waals surface area contributed by atoms with Gasteiger partial charge in [0.15, 0.2) is 0 Å². The molecule has 0 saturated carbocycles. The summed E-state index contributed by atoms with van der Waals surface area (Å²) in [6.07, 6.45) is 1.02. The second-order valence-corrected chi connectivity index (χ2v) is 5.06. The third-order valence-corrected chi connectivity index (χ3v) is 2.69. The van der Waals surface area contributed by atoms with E-state index in [1.54, 1.807) is 0 Å². The third-order valence-electron chi connectivity index (χ3n) is 1.92. The number of nitrogens with one attached hydrogen (secondary N) is 1. The molecular formula is C11H13Br2N. The van der Waals surface area contributed by atoms with E-state index in [1.165, 1.54) is 11.3 Å². The highest BCUT2D eigenvalue weighted by atomic mass is 79.9. The second kappa shape index (κ2) is 5.56. The Balaban J connectivity index is 2.80. The number of halogens is 2. The molecule has 0 aliphatic rings. The van der Waals surface area contributed by atoms with Crippen LogP contribution in [0.4, 0.5) is 5.69 Å². The summed E-state index contributed by atoms with van der Waals surface area (Å²) in [5.74, 6) is 0. The largest absolute Gasteiger partial charge is 0.380 e. The fourth-order valence-corrected chi connectivity index (χ4v) is 1.77. The van der Waals surface area contributed by atoms with Crippen LogP contribution in [0.1, 0.15) is 12.5 Å². The first-order valence-corrected chi connectivity index (χ1v) is 6.07. The van der Waals surface area contributed by atoms with Gasteiger partial charge < -0.3 is 5.32 Å². The zero-order valence-electron chi connectivity index (χ0n) is 8.11. The molecule has 0 bridgehead atoms. The van der Waals surface area contributed by atoms with E-state index in [0.717, 1.165) is 21.9 Å². The Kier molecular flexibility index (Phi) is 4.69. The first-order valence-electron chi connectivity index (χ1n) is 4.49. The Bertz CT molecular complexity index is 334. The quantitative estimate of drug-likeness (QED) is 0.871. The molecule has 0 heterocycles. The summed E-state index contributed by atoms with van der Waals surface area (Å²) >= 11 is 6.79. The van der Waals surface area contributed by atoms with Crippen LogP contribution in [0.2, 0.25) is 0 Å². The standard InChI is InChI=1S/C11H13Br2N/c1-3-9-6-10(13)4-5-11(9)14-7-8(2)12/h4-6,14H,2-3,7H2,1H3. The summed E-state index contributed by atoms with van der Waals surface area (Å²) in [5, 5.41) is 3.32. The summed E-state index contributed by atoms with van der Waals surface area (Å²) in [6, 6.07) is 6.26. The van der Waals surface area contributed by atoms with Crippen LogP contribution in [0, 0.1) is 0 Å². The van der Waals surface area contributed by atoms with Crippen molar-refractivity contribution in [3.8, 4) is 0 Å². The molecule has 1 N–H and O–H groups in total. The number of aryl methyl sites for hydroxylation is 1. The number of hydrogen-bond donors (Lipinski definition) is 1. The van der Waals surface area contributed by atoms with E-state index in [0.29, 0.717) is 0 Å². The van der Waals surface area contributed by atoms with E-state index >= 15 is 0 Å². The van der Waals surface area contributed by atoms with Crippen molar-refractivity contribution < 1.29 is 0 Å². The van der Waals surface area contributed by atoms with Crippen molar-refractivity contribution in [2.75, 3.05) is 11.9 Å². The highest BCUT2D eigenvalue weighted by Crippen LogP contribution is 2.21. The van der Waals surface area contributed by atoms with Gasteiger partial charge in [0.25, 0.3) is 0 Å². The van der Waals surface area contributed by atoms with Gasteiger partial charge in [0.2, 0.25) is 0 Å². The molecule has 76 valence electrons. The molecule has 1 aromatic carbocycles. The molecule has 1 nitrogen and oxygen atoms in total. The molecule has 0 aliphatic carbocycles. The summed E-state index contributed by atoms with van der Waals surface area (Å²) in [7, 11) is 0. The van der Waals surface area contributed by atoms with Crippen molar-refractivity contribution in [3.63, 3.8) is 0 Å². The zero-order valence-corrected chi connectivity index (χ0v) is 11.3. The summed E-state index contributed by atoms with van der Waals surface area (Å²) in [5.41, 5.74) is 2.49. The van der Waals surface area contributed by atoms with Crippen LogP contribution >= 0.6 is 31.9 Å². The Morgan fingerprint density at radius 1 is 1.50 bits per heavy atom. The molecule has 0 radical (unpaired) electrons. The predicted molar refractivity (Wildman–Crippen MR) is 70.1 cm³/mol. The SMILES string of the molecule is C=C(Br)CNc1ccc(Br)cc1CC. The molecule has 0 aromatic heterocycles. The highest BCUT2D eigenvalue weighted by Gasteiger charge is 2.00. The molecule has 14 heavy (non-hydrogen) atoms. The zero-order chi connectivity index (χ0) is 10.6. The molecule has 0 unspecified atom stereocenters. The van der Waals surface area contributed by atoms with Crippen molar-refractivity contribution in [2.45, 2.75) is 13.3 Å². The lowest BCUT2D eigenvalue weighted by atomic mass is 10.1. The minimum Gasteiger partial charge on any atom is -0.380 e. The van der Waals surface area contributed by atoms with E-state index in [-0.39, 0.29) is 0 Å². The Labute approximate surface area is 102 Å². The maximum Gasteiger partial charge on any atom is 0.0460 e. The molecular weight excluding hydrogens is 306 g/mol. The monoisotopic (exact) mass is 317 g/mol. The van der Waals surface area contributed by atoms with Gasteiger partial charge >= 0.3 is 0 Å². The topological polar surface area (TPSA) is 12.0 Å². The highest BCUT2D eigenvalue weighted by molar-refractivity contribution is 9.11. The summed E-state index contributed by atoms with van der Waals surface area (Å²) < 4.78 is 2.08. The van der Waals surface area contributed by atoms with E-state index in [9.17, 15) is 0 Å². The number of hydrogen-bond acceptors (Lipinski definition) is 1. The van der Waals surface area contributed by atoms with Crippen LogP contribution in [-0.4, -0.2) is 6.54 Å². The predicted octanol–water partition coefficient (Wildman–Crippen LogP) is 4.33. The van der Waals surface area contributed by atoms with Crippen molar-refractivity contribution in [1.82, 2.24) is 0 Å². The van der Waals surface area contributed by atoms with Crippen LogP contribution < -0.4 is 5.32 Å². The van der Waals surface area contributed by atoms with Crippen LogP contribution in [-0.2, 0) is 6.42 Å². The minimum atomic E-state index is 0.759. The van der Waals surface area contributed by atoms with E-state index in [2.05, 4.69) is 62.8 Å². The maximum absolute atomic E-state index is 3.79. The van der Waals surface area contributed by atoms with Gasteiger partial charge in [-0.1, -0.05) is 45.4 Å². The van der Waals surface area contributed by atoms with E-state index in [1.807, 2.05) is 6.07 Å². The van der Waals surface area contributed by atoms with E-state index < -0.39 is 0 Å². The molecule has 1 rings (SSSR count). The molecule has 0 aliphatic heterocycles. The van der Waals surface area contributed by atoms with Crippen LogP contribution in [0.15, 0.2) is 33.7 Å². The van der Waals surface area contributed by atoms with Gasteiger partial charge in [-0.05, 0) is 30.2 Å². The lowest BCUT2D eigenvalue weighted by molar-refractivity contribution is 1.12. The van der Waals surface area contributed by atoms with Crippen molar-refractivity contribution in [1.29, 1.82) is 0 Å². The molecule has 0 fully saturated rings. The minimum absolute atomic E-state index is 0.759. The lowest BCUT2D eigenvalue weighted by Crippen LogP contribution is -2.03. The second-order valence-electron chi connectivity index (χ2n) is 3.03. The van der Waals surface area contributed by atoms with Crippen molar-refractivity contribution in [3.05, 3.63) is 39.3 Å². The third kappa shape index (κ3) is 3.46. The first-order chi connectivity index (χ1) is 6.63. The number of benzene rings is 1. The van der Waals surface area contributed by atoms with Gasteiger partial charge in [-0.15, -0.1) is 0 Å². The van der Waals surface area contributed by atoms with Crippen LogP contribution in [0.3, 0.4) is 0 Å². The lowest BCUT2D eigenvalue weighted by Gasteiger charge is -2.10. The smallest absolute Gasteiger partial charge is 0.0460 e. The van der Waals surface area contributed by atoms with Crippen LogP contribution in [0.5, 0.6) is 0 Å². The number of rotatable bonds is 4. The van der Waals surface area contributed by atoms with Gasteiger partial charge in [0.1, 0.15) is 0 Å². The van der Waals surface area contributed by atoms with Crippen LogP contribution in [0.25, 0.3) is 0 Å². The molecule has 0 amide bonds. The van der Waals surface area contributed by atoms with Crippen molar-refractivity contribution in [2.24, 2.45) is 0 Å². The summed E-state index contributed by atoms with van der Waals surface area (Å²) in [6.45, 7) is 6.70. The van der Waals surface area contributed by atoms with Gasteiger partial charge in [0, 0.05) is 21.2 Å². The molecule has 0 spiro atoms. The van der Waals surface area contributed by atoms with Gasteiger partial charge in [0.05, 0.1) is 0 Å². The Morgan fingerprint density at radius 3 is 2.79 bits per heavy atom. The fourth-order valence-electron chi connectivity index (χ4n) is 1.22. The maximum atomic E-state index is 3.79. The van der Waals surface area contributed by atoms with Gasteiger partial charge in [-0.2, -0.15) is 0 Å².